The van der Waals surface area contributed by atoms with Crippen LogP contribution in [0.4, 0.5) is 0 Å². The third-order valence-corrected chi connectivity index (χ3v) is 3.77. The first-order chi connectivity index (χ1) is 6.04. The fourth-order valence-electron chi connectivity index (χ4n) is 2.65. The molecule has 2 aliphatic rings. The molecular formula is C11H17NO. The molecule has 1 saturated heterocycles. The van der Waals surface area contributed by atoms with E-state index in [2.05, 4.69) is 38.2 Å². The molecule has 1 amide bonds. The minimum atomic E-state index is 0.0724. The summed E-state index contributed by atoms with van der Waals surface area (Å²) in [6, 6.07) is 0. The molecule has 2 nitrogen and oxygen atoms in total. The minimum Gasteiger partial charge on any atom is -0.355 e. The Bertz CT molecular complexity index is 271. The van der Waals surface area contributed by atoms with Crippen LogP contribution < -0.4 is 5.32 Å². The Morgan fingerprint density at radius 1 is 1.54 bits per heavy atom. The Labute approximate surface area is 79.4 Å². The molecule has 0 bridgehead atoms. The SMILES string of the molecule is CC1C=CC2(C)CNC(=O)C2C1C. The van der Waals surface area contributed by atoms with Gasteiger partial charge in [0.05, 0.1) is 5.92 Å². The number of rotatable bonds is 0. The first-order valence-corrected chi connectivity index (χ1v) is 5.02. The van der Waals surface area contributed by atoms with Crippen LogP contribution in [0.3, 0.4) is 0 Å². The van der Waals surface area contributed by atoms with E-state index in [0.29, 0.717) is 11.8 Å². The van der Waals surface area contributed by atoms with Gasteiger partial charge in [-0.25, -0.2) is 0 Å². The summed E-state index contributed by atoms with van der Waals surface area (Å²) in [5, 5.41) is 2.96. The molecule has 4 unspecified atom stereocenters. The van der Waals surface area contributed by atoms with E-state index in [0.717, 1.165) is 6.54 Å². The number of amides is 1. The van der Waals surface area contributed by atoms with Crippen molar-refractivity contribution in [1.82, 2.24) is 5.32 Å². The number of fused-ring (bicyclic) bond motifs is 1. The van der Waals surface area contributed by atoms with Crippen LogP contribution in [0, 0.1) is 23.2 Å². The molecule has 1 aliphatic carbocycles. The minimum absolute atomic E-state index is 0.0724. The summed E-state index contributed by atoms with van der Waals surface area (Å²) in [4.78, 5) is 11.6. The Morgan fingerprint density at radius 2 is 2.23 bits per heavy atom. The van der Waals surface area contributed by atoms with Crippen LogP contribution in [-0.2, 0) is 4.79 Å². The summed E-state index contributed by atoms with van der Waals surface area (Å²) in [6.45, 7) is 7.35. The van der Waals surface area contributed by atoms with E-state index in [1.807, 2.05) is 0 Å². The van der Waals surface area contributed by atoms with Gasteiger partial charge in [0.15, 0.2) is 0 Å². The largest absolute Gasteiger partial charge is 0.355 e. The van der Waals surface area contributed by atoms with Gasteiger partial charge in [-0.05, 0) is 11.8 Å². The summed E-state index contributed by atoms with van der Waals surface area (Å²) in [5.41, 5.74) is 0.0724. The van der Waals surface area contributed by atoms with Crippen molar-refractivity contribution in [3.05, 3.63) is 12.2 Å². The number of nitrogens with one attached hydrogen (secondary N) is 1. The van der Waals surface area contributed by atoms with E-state index in [4.69, 9.17) is 0 Å². The molecule has 13 heavy (non-hydrogen) atoms. The monoisotopic (exact) mass is 179 g/mol. The molecule has 2 rings (SSSR count). The quantitative estimate of drug-likeness (QED) is 0.562. The lowest BCUT2D eigenvalue weighted by molar-refractivity contribution is -0.125. The maximum atomic E-state index is 11.6. The van der Waals surface area contributed by atoms with Crippen LogP contribution in [0.5, 0.6) is 0 Å². The molecule has 1 heterocycles. The fourth-order valence-corrected chi connectivity index (χ4v) is 2.65. The third-order valence-electron chi connectivity index (χ3n) is 3.77. The highest BCUT2D eigenvalue weighted by Gasteiger charge is 2.48. The van der Waals surface area contributed by atoms with Crippen LogP contribution in [0.15, 0.2) is 12.2 Å². The highest BCUT2D eigenvalue weighted by Crippen LogP contribution is 2.44. The van der Waals surface area contributed by atoms with Gasteiger partial charge in [0.2, 0.25) is 5.91 Å². The Hall–Kier alpha value is -0.790. The van der Waals surface area contributed by atoms with Crippen LogP contribution in [0.1, 0.15) is 20.8 Å². The normalized spacial score (nSPS) is 48.8. The number of carbonyl (C=O) groups excluding carboxylic acids is 1. The Balaban J connectivity index is 2.38. The highest BCUT2D eigenvalue weighted by atomic mass is 16.2. The van der Waals surface area contributed by atoms with Gasteiger partial charge < -0.3 is 5.32 Å². The fraction of sp³-hybridized carbons (Fsp3) is 0.727. The van der Waals surface area contributed by atoms with E-state index in [1.165, 1.54) is 0 Å². The maximum absolute atomic E-state index is 11.6. The van der Waals surface area contributed by atoms with Gasteiger partial charge in [0.1, 0.15) is 0 Å². The first kappa shape index (κ1) is 8.79. The second kappa shape index (κ2) is 2.60. The van der Waals surface area contributed by atoms with Gasteiger partial charge in [-0.3, -0.25) is 4.79 Å². The van der Waals surface area contributed by atoms with Gasteiger partial charge >= 0.3 is 0 Å². The topological polar surface area (TPSA) is 29.1 Å². The molecule has 1 N–H and O–H groups in total. The lowest BCUT2D eigenvalue weighted by Crippen LogP contribution is -2.36. The third kappa shape index (κ3) is 1.11. The van der Waals surface area contributed by atoms with Crippen molar-refractivity contribution >= 4 is 5.91 Å². The van der Waals surface area contributed by atoms with E-state index in [-0.39, 0.29) is 17.2 Å². The first-order valence-electron chi connectivity index (χ1n) is 5.02. The van der Waals surface area contributed by atoms with E-state index in [9.17, 15) is 4.79 Å². The predicted octanol–water partition coefficient (Wildman–Crippen LogP) is 1.58. The molecule has 2 heteroatoms. The van der Waals surface area contributed by atoms with Gasteiger partial charge in [0, 0.05) is 12.0 Å². The highest BCUT2D eigenvalue weighted by molar-refractivity contribution is 5.83. The smallest absolute Gasteiger partial charge is 0.224 e. The van der Waals surface area contributed by atoms with Crippen LogP contribution >= 0.6 is 0 Å². The van der Waals surface area contributed by atoms with Crippen LogP contribution in [-0.4, -0.2) is 12.5 Å². The summed E-state index contributed by atoms with van der Waals surface area (Å²) in [6.07, 6.45) is 4.47. The van der Waals surface area contributed by atoms with Crippen LogP contribution in [0.25, 0.3) is 0 Å². The molecule has 1 aliphatic heterocycles. The van der Waals surface area contributed by atoms with Gasteiger partial charge in [0.25, 0.3) is 0 Å². The van der Waals surface area contributed by atoms with Crippen molar-refractivity contribution in [2.24, 2.45) is 23.2 Å². The van der Waals surface area contributed by atoms with Crippen molar-refractivity contribution in [1.29, 1.82) is 0 Å². The molecule has 0 aromatic carbocycles. The molecular weight excluding hydrogens is 162 g/mol. The molecule has 1 fully saturated rings. The van der Waals surface area contributed by atoms with Gasteiger partial charge in [-0.1, -0.05) is 32.9 Å². The number of allylic oxidation sites excluding steroid dienone is 1. The van der Waals surface area contributed by atoms with Gasteiger partial charge in [-0.2, -0.15) is 0 Å². The van der Waals surface area contributed by atoms with Gasteiger partial charge in [-0.15, -0.1) is 0 Å². The van der Waals surface area contributed by atoms with Crippen molar-refractivity contribution < 1.29 is 4.79 Å². The summed E-state index contributed by atoms with van der Waals surface area (Å²) < 4.78 is 0. The number of carbonyl (C=O) groups is 1. The predicted molar refractivity (Wildman–Crippen MR) is 52.1 cm³/mol. The molecule has 0 radical (unpaired) electrons. The lowest BCUT2D eigenvalue weighted by Gasteiger charge is -2.36. The second-order valence-electron chi connectivity index (χ2n) is 4.78. The number of hydrogen-bond donors (Lipinski definition) is 1. The average molecular weight is 179 g/mol. The standard InChI is InChI=1S/C11H17NO/c1-7-4-5-11(3)6-12-10(13)9(11)8(7)2/h4-5,7-9H,6H2,1-3H3,(H,12,13). The van der Waals surface area contributed by atoms with Crippen molar-refractivity contribution in [2.75, 3.05) is 6.54 Å². The Morgan fingerprint density at radius 3 is 2.92 bits per heavy atom. The summed E-state index contributed by atoms with van der Waals surface area (Å²) in [5.74, 6) is 1.43. The van der Waals surface area contributed by atoms with Crippen molar-refractivity contribution in [3.8, 4) is 0 Å². The Kier molecular flexibility index (Phi) is 1.76. The van der Waals surface area contributed by atoms with Crippen LogP contribution in [0.2, 0.25) is 0 Å². The maximum Gasteiger partial charge on any atom is 0.224 e. The lowest BCUT2D eigenvalue weighted by atomic mass is 9.65. The summed E-state index contributed by atoms with van der Waals surface area (Å²) >= 11 is 0. The van der Waals surface area contributed by atoms with E-state index >= 15 is 0 Å². The zero-order valence-electron chi connectivity index (χ0n) is 8.50. The zero-order valence-corrected chi connectivity index (χ0v) is 8.50. The molecule has 0 aromatic heterocycles. The molecule has 0 spiro atoms. The molecule has 72 valence electrons. The molecule has 0 saturated carbocycles. The second-order valence-corrected chi connectivity index (χ2v) is 4.78. The number of hydrogen-bond acceptors (Lipinski definition) is 1. The molecule has 0 aromatic rings. The zero-order chi connectivity index (χ0) is 9.64. The average Bonchev–Trinajstić information content (AvgIpc) is 2.38. The summed E-state index contributed by atoms with van der Waals surface area (Å²) in [7, 11) is 0. The van der Waals surface area contributed by atoms with E-state index < -0.39 is 0 Å². The van der Waals surface area contributed by atoms with Crippen molar-refractivity contribution in [3.63, 3.8) is 0 Å². The van der Waals surface area contributed by atoms with E-state index in [1.54, 1.807) is 0 Å². The molecule has 4 atom stereocenters. The van der Waals surface area contributed by atoms with Crippen molar-refractivity contribution in [2.45, 2.75) is 20.8 Å².